The van der Waals surface area contributed by atoms with Gasteiger partial charge < -0.3 is 0 Å². The molecule has 0 aliphatic carbocycles. The number of hydrogen-bond donors (Lipinski definition) is 0. The first-order valence-corrected chi connectivity index (χ1v) is 11.7. The van der Waals surface area contributed by atoms with Gasteiger partial charge in [-0.05, 0) is 43.2 Å². The van der Waals surface area contributed by atoms with E-state index < -0.39 is 43.3 Å². The van der Waals surface area contributed by atoms with E-state index in [4.69, 9.17) is 0 Å². The van der Waals surface area contributed by atoms with Crippen LogP contribution in [0.4, 0.5) is 8.78 Å². The highest BCUT2D eigenvalue weighted by Gasteiger charge is 2.37. The van der Waals surface area contributed by atoms with Crippen LogP contribution in [0.2, 0.25) is 0 Å². The summed E-state index contributed by atoms with van der Waals surface area (Å²) in [5.74, 6) is -2.60. The molecular weight excluding hydrogens is 396 g/mol. The first-order chi connectivity index (χ1) is 12.7. The van der Waals surface area contributed by atoms with E-state index >= 15 is 0 Å². The smallest absolute Gasteiger partial charge is 0.218 e. The molecule has 0 amide bonds. The highest BCUT2D eigenvalue weighted by Crippen LogP contribution is 2.27. The third-order valence-corrected chi connectivity index (χ3v) is 8.23. The molecule has 0 radical (unpaired) electrons. The number of halogens is 2. The zero-order valence-corrected chi connectivity index (χ0v) is 16.0. The minimum absolute atomic E-state index is 0.130. The van der Waals surface area contributed by atoms with E-state index in [1.54, 1.807) is 18.2 Å². The van der Waals surface area contributed by atoms with Crippen molar-refractivity contribution in [1.82, 2.24) is 4.31 Å². The van der Waals surface area contributed by atoms with Crippen LogP contribution in [-0.2, 0) is 25.6 Å². The first-order valence-electron chi connectivity index (χ1n) is 8.40. The van der Waals surface area contributed by atoms with Crippen molar-refractivity contribution in [1.29, 1.82) is 0 Å². The average Bonchev–Trinajstić information content (AvgIpc) is 3.07. The standard InChI is InChI=1S/C18H19F2NO4S2/c19-15-8-9-18(20)14(11-15)12-27(24,25)21-10-4-5-16(21)13-26(22,23)17-6-2-1-3-7-17/h1-3,6-9,11,16H,4-5,10,12-13H2. The molecule has 2 aromatic carbocycles. The molecule has 1 unspecified atom stereocenters. The fourth-order valence-corrected chi connectivity index (χ4v) is 6.79. The van der Waals surface area contributed by atoms with Crippen molar-refractivity contribution in [3.05, 3.63) is 65.7 Å². The van der Waals surface area contributed by atoms with Crippen LogP contribution in [0, 0.1) is 11.6 Å². The Hall–Kier alpha value is -1.84. The third-order valence-electron chi connectivity index (χ3n) is 4.54. The Morgan fingerprint density at radius 1 is 1.00 bits per heavy atom. The van der Waals surface area contributed by atoms with Crippen LogP contribution in [0.3, 0.4) is 0 Å². The molecule has 2 aromatic rings. The number of rotatable bonds is 6. The Balaban J connectivity index is 1.82. The molecule has 1 aliphatic rings. The van der Waals surface area contributed by atoms with Gasteiger partial charge in [-0.1, -0.05) is 18.2 Å². The molecule has 0 N–H and O–H groups in total. The highest BCUT2D eigenvalue weighted by atomic mass is 32.2. The van der Waals surface area contributed by atoms with Crippen LogP contribution in [0.25, 0.3) is 0 Å². The summed E-state index contributed by atoms with van der Waals surface area (Å²) in [5, 5.41) is 0. The molecule has 3 rings (SSSR count). The summed E-state index contributed by atoms with van der Waals surface area (Å²) < 4.78 is 78.9. The van der Waals surface area contributed by atoms with Gasteiger partial charge in [0.25, 0.3) is 0 Å². The van der Waals surface area contributed by atoms with E-state index in [-0.39, 0.29) is 22.8 Å². The van der Waals surface area contributed by atoms with E-state index in [9.17, 15) is 25.6 Å². The summed E-state index contributed by atoms with van der Waals surface area (Å²) in [6.07, 6.45) is 0.913. The summed E-state index contributed by atoms with van der Waals surface area (Å²) in [5.41, 5.74) is -0.272. The Labute approximate surface area is 157 Å². The van der Waals surface area contributed by atoms with Gasteiger partial charge in [-0.25, -0.2) is 25.6 Å². The van der Waals surface area contributed by atoms with Gasteiger partial charge in [-0.15, -0.1) is 0 Å². The Morgan fingerprint density at radius 3 is 2.41 bits per heavy atom. The summed E-state index contributed by atoms with van der Waals surface area (Å²) in [4.78, 5) is 0.130. The van der Waals surface area contributed by atoms with E-state index in [0.29, 0.717) is 12.8 Å². The van der Waals surface area contributed by atoms with Crippen molar-refractivity contribution in [2.24, 2.45) is 0 Å². The Bertz CT molecular complexity index is 1020. The van der Waals surface area contributed by atoms with Crippen molar-refractivity contribution in [2.75, 3.05) is 12.3 Å². The molecule has 1 aliphatic heterocycles. The molecular formula is C18H19F2NO4S2. The number of hydrogen-bond acceptors (Lipinski definition) is 4. The van der Waals surface area contributed by atoms with Crippen LogP contribution in [0.5, 0.6) is 0 Å². The summed E-state index contributed by atoms with van der Waals surface area (Å²) in [6.45, 7) is 0.161. The van der Waals surface area contributed by atoms with Crippen molar-refractivity contribution in [2.45, 2.75) is 29.5 Å². The minimum atomic E-state index is -3.99. The van der Waals surface area contributed by atoms with E-state index in [1.807, 2.05) is 0 Å². The topological polar surface area (TPSA) is 71.5 Å². The minimum Gasteiger partial charge on any atom is -0.224 e. The number of nitrogens with zero attached hydrogens (tertiary/aromatic N) is 1. The maximum absolute atomic E-state index is 13.8. The van der Waals surface area contributed by atoms with Gasteiger partial charge >= 0.3 is 0 Å². The Kier molecular flexibility index (Phi) is 5.64. The predicted molar refractivity (Wildman–Crippen MR) is 97.2 cm³/mol. The molecule has 1 heterocycles. The third kappa shape index (κ3) is 4.53. The van der Waals surface area contributed by atoms with Crippen molar-refractivity contribution >= 4 is 19.9 Å². The van der Waals surface area contributed by atoms with Gasteiger partial charge in [0.2, 0.25) is 10.0 Å². The summed E-state index contributed by atoms with van der Waals surface area (Å²) in [6, 6.07) is 9.73. The molecule has 5 nitrogen and oxygen atoms in total. The second-order valence-corrected chi connectivity index (χ2v) is 10.4. The lowest BCUT2D eigenvalue weighted by Crippen LogP contribution is -2.40. The van der Waals surface area contributed by atoms with Gasteiger partial charge in [0.05, 0.1) is 16.4 Å². The quantitative estimate of drug-likeness (QED) is 0.727. The predicted octanol–water partition coefficient (Wildman–Crippen LogP) is 2.73. The second kappa shape index (κ2) is 7.65. The molecule has 9 heteroatoms. The molecule has 1 atom stereocenters. The molecule has 0 bridgehead atoms. The number of sulfone groups is 1. The van der Waals surface area contributed by atoms with Crippen molar-refractivity contribution in [3.63, 3.8) is 0 Å². The number of sulfonamides is 1. The largest absolute Gasteiger partial charge is 0.224 e. The van der Waals surface area contributed by atoms with Gasteiger partial charge in [0.15, 0.2) is 9.84 Å². The lowest BCUT2D eigenvalue weighted by molar-refractivity contribution is 0.406. The molecule has 146 valence electrons. The van der Waals surface area contributed by atoms with Gasteiger partial charge in [0, 0.05) is 18.2 Å². The molecule has 0 aromatic heterocycles. The van der Waals surface area contributed by atoms with Crippen LogP contribution < -0.4 is 0 Å². The van der Waals surface area contributed by atoms with Crippen LogP contribution in [0.15, 0.2) is 53.4 Å². The normalized spacial score (nSPS) is 18.7. The van der Waals surface area contributed by atoms with E-state index in [1.165, 1.54) is 12.1 Å². The van der Waals surface area contributed by atoms with Gasteiger partial charge in [-0.2, -0.15) is 4.31 Å². The van der Waals surface area contributed by atoms with Gasteiger partial charge in [-0.3, -0.25) is 0 Å². The van der Waals surface area contributed by atoms with Crippen LogP contribution >= 0.6 is 0 Å². The van der Waals surface area contributed by atoms with Crippen molar-refractivity contribution in [3.8, 4) is 0 Å². The lowest BCUT2D eigenvalue weighted by Gasteiger charge is -2.24. The lowest BCUT2D eigenvalue weighted by atomic mass is 10.2. The molecule has 1 fully saturated rings. The SMILES string of the molecule is O=S(=O)(CC1CCCN1S(=O)(=O)Cc1cc(F)ccc1F)c1ccccc1. The van der Waals surface area contributed by atoms with Crippen molar-refractivity contribution < 1.29 is 25.6 Å². The average molecular weight is 415 g/mol. The summed E-state index contributed by atoms with van der Waals surface area (Å²) in [7, 11) is -7.66. The first kappa shape index (κ1) is 19.9. The zero-order chi connectivity index (χ0) is 19.7. The fourth-order valence-electron chi connectivity index (χ4n) is 3.25. The maximum atomic E-state index is 13.8. The summed E-state index contributed by atoms with van der Waals surface area (Å²) >= 11 is 0. The zero-order valence-electron chi connectivity index (χ0n) is 14.4. The van der Waals surface area contributed by atoms with E-state index in [0.717, 1.165) is 22.5 Å². The molecule has 0 saturated carbocycles. The highest BCUT2D eigenvalue weighted by molar-refractivity contribution is 7.91. The number of benzene rings is 2. The van der Waals surface area contributed by atoms with Crippen LogP contribution in [-0.4, -0.2) is 39.5 Å². The van der Waals surface area contributed by atoms with Crippen LogP contribution in [0.1, 0.15) is 18.4 Å². The molecule has 27 heavy (non-hydrogen) atoms. The fraction of sp³-hybridized carbons (Fsp3) is 0.333. The Morgan fingerprint density at radius 2 is 1.70 bits per heavy atom. The van der Waals surface area contributed by atoms with Gasteiger partial charge in [0.1, 0.15) is 11.6 Å². The molecule has 1 saturated heterocycles. The molecule has 0 spiro atoms. The maximum Gasteiger partial charge on any atom is 0.218 e. The monoisotopic (exact) mass is 415 g/mol. The second-order valence-electron chi connectivity index (χ2n) is 6.49. The van der Waals surface area contributed by atoms with E-state index in [2.05, 4.69) is 0 Å².